The first-order valence-electron chi connectivity index (χ1n) is 10.1. The average molecular weight is 391 g/mol. The largest absolute Gasteiger partial charge is 0.348 e. The maximum atomic E-state index is 12.6. The predicted octanol–water partition coefficient (Wildman–Crippen LogP) is 3.12. The van der Waals surface area contributed by atoms with Crippen molar-refractivity contribution in [3.63, 3.8) is 0 Å². The van der Waals surface area contributed by atoms with Crippen LogP contribution in [-0.2, 0) is 9.59 Å². The van der Waals surface area contributed by atoms with Gasteiger partial charge >= 0.3 is 0 Å². The summed E-state index contributed by atoms with van der Waals surface area (Å²) in [5, 5.41) is 6.17. The maximum Gasteiger partial charge on any atom is 0.238 e. The van der Waals surface area contributed by atoms with Crippen molar-refractivity contribution in [3.8, 4) is 0 Å². The number of carbonyl (C=O) groups is 2. The topological polar surface area (TPSA) is 64.7 Å². The fourth-order valence-electron chi connectivity index (χ4n) is 2.71. The molecule has 0 aliphatic carbocycles. The van der Waals surface area contributed by atoms with Gasteiger partial charge in [-0.3, -0.25) is 19.4 Å². The molecule has 2 amide bonds. The third kappa shape index (κ3) is 7.60. The number of para-hydroxylation sites is 1. The molecule has 2 N–H and O–H groups in total. The molecular weight excluding hydrogens is 352 g/mol. The van der Waals surface area contributed by atoms with Crippen LogP contribution in [0.2, 0.25) is 0 Å². The van der Waals surface area contributed by atoms with Crippen molar-refractivity contribution in [3.05, 3.63) is 29.8 Å². The minimum atomic E-state index is -0.174. The van der Waals surface area contributed by atoms with E-state index in [0.717, 1.165) is 11.3 Å². The highest BCUT2D eigenvalue weighted by atomic mass is 16.2. The van der Waals surface area contributed by atoms with E-state index in [9.17, 15) is 9.59 Å². The average Bonchev–Trinajstić information content (AvgIpc) is 2.59. The molecule has 0 bridgehead atoms. The fraction of sp³-hybridized carbons (Fsp3) is 0.636. The standard InChI is InChI=1S/C22H38N4O2/c1-15(2)22(24-21(28)14-26(8)17(5)6)18-11-9-10-12-19(18)23-20(27)13-25(7)16(3)4/h9-12,15-17,22H,13-14H2,1-8H3,(H,23,27)(H,24,28)/t22-/m1/s1. The molecule has 1 aromatic carbocycles. The highest BCUT2D eigenvalue weighted by Crippen LogP contribution is 2.28. The Morgan fingerprint density at radius 1 is 0.857 bits per heavy atom. The van der Waals surface area contributed by atoms with Gasteiger partial charge in [0.2, 0.25) is 11.8 Å². The Hall–Kier alpha value is -1.92. The lowest BCUT2D eigenvalue weighted by Crippen LogP contribution is -2.41. The van der Waals surface area contributed by atoms with Crippen molar-refractivity contribution in [2.45, 2.75) is 59.7 Å². The molecule has 6 heteroatoms. The summed E-state index contributed by atoms with van der Waals surface area (Å²) >= 11 is 0. The summed E-state index contributed by atoms with van der Waals surface area (Å²) in [6.45, 7) is 13.0. The van der Waals surface area contributed by atoms with Crippen LogP contribution in [-0.4, -0.2) is 60.9 Å². The number of anilines is 1. The van der Waals surface area contributed by atoms with Crippen LogP contribution in [0.25, 0.3) is 0 Å². The van der Waals surface area contributed by atoms with Crippen LogP contribution in [0.3, 0.4) is 0 Å². The maximum absolute atomic E-state index is 12.6. The molecule has 0 spiro atoms. The van der Waals surface area contributed by atoms with Gasteiger partial charge in [-0.05, 0) is 59.3 Å². The van der Waals surface area contributed by atoms with Gasteiger partial charge in [-0.15, -0.1) is 0 Å². The van der Waals surface area contributed by atoms with Crippen LogP contribution in [0.15, 0.2) is 24.3 Å². The molecule has 0 aromatic heterocycles. The van der Waals surface area contributed by atoms with Crippen molar-refractivity contribution in [2.75, 3.05) is 32.5 Å². The van der Waals surface area contributed by atoms with Gasteiger partial charge in [0.25, 0.3) is 0 Å². The summed E-state index contributed by atoms with van der Waals surface area (Å²) in [4.78, 5) is 29.0. The van der Waals surface area contributed by atoms with Crippen molar-refractivity contribution >= 4 is 17.5 Å². The highest BCUT2D eigenvalue weighted by molar-refractivity contribution is 5.93. The first kappa shape index (κ1) is 24.1. The second-order valence-corrected chi connectivity index (χ2v) is 8.44. The number of amides is 2. The summed E-state index contributed by atoms with van der Waals surface area (Å²) in [6, 6.07) is 8.12. The number of benzene rings is 1. The molecule has 1 rings (SSSR count). The van der Waals surface area contributed by atoms with Crippen molar-refractivity contribution in [1.29, 1.82) is 0 Å². The molecule has 0 radical (unpaired) electrons. The van der Waals surface area contributed by atoms with E-state index < -0.39 is 0 Å². The Balaban J connectivity index is 2.95. The molecule has 158 valence electrons. The zero-order valence-corrected chi connectivity index (χ0v) is 18.7. The van der Waals surface area contributed by atoms with E-state index in [1.807, 2.05) is 48.2 Å². The van der Waals surface area contributed by atoms with Crippen LogP contribution in [0.1, 0.15) is 53.1 Å². The van der Waals surface area contributed by atoms with E-state index in [1.54, 1.807) is 0 Å². The third-order valence-electron chi connectivity index (χ3n) is 5.10. The van der Waals surface area contributed by atoms with Gasteiger partial charge in [0.15, 0.2) is 0 Å². The zero-order chi connectivity index (χ0) is 21.4. The number of likely N-dealkylation sites (N-methyl/N-ethyl adjacent to an activating group) is 2. The van der Waals surface area contributed by atoms with Gasteiger partial charge in [0, 0.05) is 17.8 Å². The Morgan fingerprint density at radius 3 is 1.86 bits per heavy atom. The second kappa shape index (κ2) is 11.2. The lowest BCUT2D eigenvalue weighted by molar-refractivity contribution is -0.123. The molecule has 1 atom stereocenters. The predicted molar refractivity (Wildman–Crippen MR) is 116 cm³/mol. The van der Waals surface area contributed by atoms with E-state index in [4.69, 9.17) is 0 Å². The molecule has 28 heavy (non-hydrogen) atoms. The van der Waals surface area contributed by atoms with Gasteiger partial charge < -0.3 is 10.6 Å². The molecule has 0 heterocycles. The van der Waals surface area contributed by atoms with Crippen molar-refractivity contribution in [2.24, 2.45) is 5.92 Å². The van der Waals surface area contributed by atoms with Gasteiger partial charge in [-0.25, -0.2) is 0 Å². The van der Waals surface area contributed by atoms with Gasteiger partial charge in [-0.1, -0.05) is 32.0 Å². The van der Waals surface area contributed by atoms with Crippen molar-refractivity contribution in [1.82, 2.24) is 15.1 Å². The SMILES string of the molecule is CC(C)[C@@H](NC(=O)CN(C)C(C)C)c1ccccc1NC(=O)CN(C)C(C)C. The van der Waals surface area contributed by atoms with Crippen LogP contribution >= 0.6 is 0 Å². The Labute approximate surface area is 170 Å². The second-order valence-electron chi connectivity index (χ2n) is 8.44. The summed E-state index contributed by atoms with van der Waals surface area (Å²) in [7, 11) is 3.87. The fourth-order valence-corrected chi connectivity index (χ4v) is 2.71. The summed E-state index contributed by atoms with van der Waals surface area (Å²) in [5.41, 5.74) is 1.68. The van der Waals surface area contributed by atoms with Gasteiger partial charge in [-0.2, -0.15) is 0 Å². The van der Waals surface area contributed by atoms with Gasteiger partial charge in [0.05, 0.1) is 19.1 Å². The first-order chi connectivity index (χ1) is 13.0. The van der Waals surface area contributed by atoms with Crippen LogP contribution in [0.5, 0.6) is 0 Å². The van der Waals surface area contributed by atoms with Crippen LogP contribution in [0.4, 0.5) is 5.69 Å². The number of hydrogen-bond donors (Lipinski definition) is 2. The van der Waals surface area contributed by atoms with E-state index in [-0.39, 0.29) is 23.8 Å². The third-order valence-corrected chi connectivity index (χ3v) is 5.10. The lowest BCUT2D eigenvalue weighted by Gasteiger charge is -2.28. The Morgan fingerprint density at radius 2 is 1.36 bits per heavy atom. The number of carbonyl (C=O) groups excluding carboxylic acids is 2. The van der Waals surface area contributed by atoms with E-state index in [2.05, 4.69) is 52.2 Å². The summed E-state index contributed by atoms with van der Waals surface area (Å²) < 4.78 is 0. The van der Waals surface area contributed by atoms with Crippen molar-refractivity contribution < 1.29 is 9.59 Å². The molecule has 0 aliphatic heterocycles. The van der Waals surface area contributed by atoms with E-state index in [1.165, 1.54) is 0 Å². The van der Waals surface area contributed by atoms with E-state index >= 15 is 0 Å². The van der Waals surface area contributed by atoms with Crippen LogP contribution < -0.4 is 10.6 Å². The Bertz CT molecular complexity index is 643. The summed E-state index contributed by atoms with van der Waals surface area (Å²) in [6.07, 6.45) is 0. The Kier molecular flexibility index (Phi) is 9.62. The molecule has 0 saturated carbocycles. The molecular formula is C22H38N4O2. The number of nitrogens with one attached hydrogen (secondary N) is 2. The minimum absolute atomic E-state index is 0.0180. The monoisotopic (exact) mass is 390 g/mol. The van der Waals surface area contributed by atoms with Crippen LogP contribution in [0, 0.1) is 5.92 Å². The number of hydrogen-bond acceptors (Lipinski definition) is 4. The molecule has 6 nitrogen and oxygen atoms in total. The smallest absolute Gasteiger partial charge is 0.238 e. The molecule has 0 aliphatic rings. The zero-order valence-electron chi connectivity index (χ0n) is 18.7. The molecule has 0 saturated heterocycles. The highest BCUT2D eigenvalue weighted by Gasteiger charge is 2.23. The van der Waals surface area contributed by atoms with E-state index in [0.29, 0.717) is 25.2 Å². The lowest BCUT2D eigenvalue weighted by atomic mass is 9.94. The molecule has 0 fully saturated rings. The quantitative estimate of drug-likeness (QED) is 0.644. The minimum Gasteiger partial charge on any atom is -0.348 e. The molecule has 0 unspecified atom stereocenters. The summed E-state index contributed by atoms with van der Waals surface area (Å²) in [5.74, 6) is 0.109. The number of rotatable bonds is 10. The van der Waals surface area contributed by atoms with Gasteiger partial charge in [0.1, 0.15) is 0 Å². The number of nitrogens with zero attached hydrogens (tertiary/aromatic N) is 2. The molecule has 1 aromatic rings. The first-order valence-corrected chi connectivity index (χ1v) is 10.1. The normalized spacial score (nSPS) is 12.9.